The van der Waals surface area contributed by atoms with Crippen molar-refractivity contribution < 1.29 is 0 Å². The van der Waals surface area contributed by atoms with Crippen LogP contribution in [0.5, 0.6) is 0 Å². The zero-order chi connectivity index (χ0) is 13.7. The molecule has 1 heteroatoms. The fraction of sp³-hybridized carbons (Fsp3) is 0.684. The summed E-state index contributed by atoms with van der Waals surface area (Å²) in [7, 11) is 0. The second-order valence-electron chi connectivity index (χ2n) is 7.60. The molecule has 0 aromatic heterocycles. The molecule has 0 radical (unpaired) electrons. The highest BCUT2D eigenvalue weighted by molar-refractivity contribution is 5.35. The van der Waals surface area contributed by atoms with Gasteiger partial charge in [-0.3, -0.25) is 0 Å². The summed E-state index contributed by atoms with van der Waals surface area (Å²) in [6, 6.07) is 9.36. The van der Waals surface area contributed by atoms with Gasteiger partial charge in [-0.2, -0.15) is 0 Å². The summed E-state index contributed by atoms with van der Waals surface area (Å²) < 4.78 is 0. The van der Waals surface area contributed by atoms with Crippen LogP contribution in [-0.4, -0.2) is 6.54 Å². The zero-order valence-electron chi connectivity index (χ0n) is 12.6. The molecule has 0 unspecified atom stereocenters. The molecule has 4 saturated carbocycles. The Kier molecular flexibility index (Phi) is 2.96. The average Bonchev–Trinajstić information content (AvgIpc) is 2.47. The molecule has 4 fully saturated rings. The van der Waals surface area contributed by atoms with Crippen molar-refractivity contribution in [1.29, 1.82) is 0 Å². The van der Waals surface area contributed by atoms with E-state index in [1.165, 1.54) is 37.7 Å². The zero-order valence-corrected chi connectivity index (χ0v) is 12.6. The van der Waals surface area contributed by atoms with E-state index >= 15 is 0 Å². The topological polar surface area (TPSA) is 26.0 Å². The van der Waals surface area contributed by atoms with Gasteiger partial charge in [0.25, 0.3) is 0 Å². The van der Waals surface area contributed by atoms with Gasteiger partial charge in [-0.05, 0) is 73.3 Å². The molecule has 4 bridgehead atoms. The lowest BCUT2D eigenvalue weighted by molar-refractivity contribution is -0.0567. The molecule has 0 atom stereocenters. The average molecular weight is 269 g/mol. The number of nitrogens with two attached hydrogens (primary N) is 1. The molecule has 1 aromatic rings. The number of hydrogen-bond donors (Lipinski definition) is 1. The van der Waals surface area contributed by atoms with Crippen LogP contribution in [0.15, 0.2) is 24.3 Å². The Bertz CT molecular complexity index is 476. The van der Waals surface area contributed by atoms with Crippen molar-refractivity contribution in [2.45, 2.75) is 50.9 Å². The molecular formula is C19H27N. The van der Waals surface area contributed by atoms with Crippen molar-refractivity contribution >= 4 is 0 Å². The third-order valence-electron chi connectivity index (χ3n) is 6.81. The van der Waals surface area contributed by atoms with Gasteiger partial charge in [0, 0.05) is 12.0 Å². The Morgan fingerprint density at radius 2 is 1.70 bits per heavy atom. The van der Waals surface area contributed by atoms with Crippen LogP contribution >= 0.6 is 0 Å². The van der Waals surface area contributed by atoms with E-state index in [-0.39, 0.29) is 0 Å². The molecule has 2 N–H and O–H groups in total. The Morgan fingerprint density at radius 3 is 2.25 bits per heavy atom. The molecule has 0 amide bonds. The summed E-state index contributed by atoms with van der Waals surface area (Å²) in [5, 5.41) is 0. The molecule has 0 heterocycles. The predicted octanol–water partition coefficient (Wildman–Crippen LogP) is 3.90. The maximum atomic E-state index is 6.41. The summed E-state index contributed by atoms with van der Waals surface area (Å²) >= 11 is 0. The van der Waals surface area contributed by atoms with Gasteiger partial charge in [0.2, 0.25) is 0 Å². The highest BCUT2D eigenvalue weighted by Gasteiger charge is 2.57. The Hall–Kier alpha value is -0.820. The van der Waals surface area contributed by atoms with Crippen molar-refractivity contribution in [3.05, 3.63) is 35.4 Å². The van der Waals surface area contributed by atoms with Gasteiger partial charge in [0.15, 0.2) is 0 Å². The first-order chi connectivity index (χ1) is 9.76. The third-order valence-corrected chi connectivity index (χ3v) is 6.81. The van der Waals surface area contributed by atoms with Gasteiger partial charge >= 0.3 is 0 Å². The minimum absolute atomic E-state index is 0.304. The van der Waals surface area contributed by atoms with Gasteiger partial charge in [0.05, 0.1) is 0 Å². The van der Waals surface area contributed by atoms with Crippen LogP contribution < -0.4 is 5.73 Å². The van der Waals surface area contributed by atoms with E-state index < -0.39 is 0 Å². The minimum atomic E-state index is 0.304. The molecule has 4 aliphatic carbocycles. The van der Waals surface area contributed by atoms with Gasteiger partial charge in [0.1, 0.15) is 0 Å². The van der Waals surface area contributed by atoms with Gasteiger partial charge in [-0.1, -0.05) is 31.2 Å². The lowest BCUT2D eigenvalue weighted by Gasteiger charge is -2.61. The quantitative estimate of drug-likeness (QED) is 0.885. The van der Waals surface area contributed by atoms with Crippen molar-refractivity contribution in [2.75, 3.05) is 6.54 Å². The first kappa shape index (κ1) is 12.9. The van der Waals surface area contributed by atoms with Gasteiger partial charge in [-0.15, -0.1) is 0 Å². The third kappa shape index (κ3) is 1.65. The summed E-state index contributed by atoms with van der Waals surface area (Å²) in [6.07, 6.45) is 8.43. The first-order valence-electron chi connectivity index (χ1n) is 8.55. The van der Waals surface area contributed by atoms with E-state index in [0.717, 1.165) is 36.6 Å². The van der Waals surface area contributed by atoms with Crippen LogP contribution in [0, 0.1) is 23.7 Å². The minimum Gasteiger partial charge on any atom is -0.330 e. The maximum absolute atomic E-state index is 6.41. The molecule has 4 aliphatic rings. The SMILES string of the molecule is CCc1cccc(C2(CN)C3CC4CC(C3)CC2C4)c1. The van der Waals surface area contributed by atoms with Crippen LogP contribution in [0.1, 0.15) is 50.2 Å². The number of hydrogen-bond acceptors (Lipinski definition) is 1. The summed E-state index contributed by atoms with van der Waals surface area (Å²) in [5.41, 5.74) is 9.76. The molecule has 20 heavy (non-hydrogen) atoms. The molecule has 0 spiro atoms. The number of aryl methyl sites for hydroxylation is 1. The van der Waals surface area contributed by atoms with E-state index in [4.69, 9.17) is 5.73 Å². The molecule has 1 nitrogen and oxygen atoms in total. The van der Waals surface area contributed by atoms with Crippen molar-refractivity contribution in [1.82, 2.24) is 0 Å². The first-order valence-corrected chi connectivity index (χ1v) is 8.55. The van der Waals surface area contributed by atoms with Crippen LogP contribution in [-0.2, 0) is 11.8 Å². The second-order valence-corrected chi connectivity index (χ2v) is 7.60. The molecule has 0 aliphatic heterocycles. The van der Waals surface area contributed by atoms with E-state index in [9.17, 15) is 0 Å². The van der Waals surface area contributed by atoms with Crippen molar-refractivity contribution in [3.8, 4) is 0 Å². The molecular weight excluding hydrogens is 242 g/mol. The fourth-order valence-corrected chi connectivity index (χ4v) is 6.03. The molecule has 5 rings (SSSR count). The summed E-state index contributed by atoms with van der Waals surface area (Å²) in [6.45, 7) is 3.11. The smallest absolute Gasteiger partial charge is 0.0132 e. The van der Waals surface area contributed by atoms with Crippen LogP contribution in [0.25, 0.3) is 0 Å². The summed E-state index contributed by atoms with van der Waals surface area (Å²) in [4.78, 5) is 0. The number of benzene rings is 1. The van der Waals surface area contributed by atoms with E-state index in [1.807, 2.05) is 0 Å². The highest BCUT2D eigenvalue weighted by atomic mass is 14.7. The van der Waals surface area contributed by atoms with Gasteiger partial charge in [-0.25, -0.2) is 0 Å². The van der Waals surface area contributed by atoms with Crippen LogP contribution in [0.3, 0.4) is 0 Å². The van der Waals surface area contributed by atoms with Gasteiger partial charge < -0.3 is 5.73 Å². The van der Waals surface area contributed by atoms with E-state index in [2.05, 4.69) is 31.2 Å². The predicted molar refractivity (Wildman–Crippen MR) is 83.6 cm³/mol. The van der Waals surface area contributed by atoms with Crippen LogP contribution in [0.2, 0.25) is 0 Å². The second kappa shape index (κ2) is 4.59. The molecule has 1 aromatic carbocycles. The standard InChI is InChI=1S/C19H27N/c1-2-13-4-3-5-16(7-13)19(12-20)17-8-14-6-15(10-17)11-18(19)9-14/h3-5,7,14-15,17-18H,2,6,8-12,20H2,1H3. The summed E-state index contributed by atoms with van der Waals surface area (Å²) in [5.74, 6) is 3.75. The Labute approximate surface area is 122 Å². The normalized spacial score (nSPS) is 42.1. The Balaban J connectivity index is 1.79. The molecule has 0 saturated heterocycles. The number of rotatable bonds is 3. The lowest BCUT2D eigenvalue weighted by atomic mass is 9.44. The maximum Gasteiger partial charge on any atom is 0.0132 e. The van der Waals surface area contributed by atoms with Crippen molar-refractivity contribution in [2.24, 2.45) is 29.4 Å². The molecule has 108 valence electrons. The van der Waals surface area contributed by atoms with Crippen LogP contribution in [0.4, 0.5) is 0 Å². The van der Waals surface area contributed by atoms with E-state index in [0.29, 0.717) is 5.41 Å². The fourth-order valence-electron chi connectivity index (χ4n) is 6.03. The monoisotopic (exact) mass is 269 g/mol. The lowest BCUT2D eigenvalue weighted by Crippen LogP contribution is -2.58. The Morgan fingerprint density at radius 1 is 1.05 bits per heavy atom. The van der Waals surface area contributed by atoms with Crippen molar-refractivity contribution in [3.63, 3.8) is 0 Å². The largest absolute Gasteiger partial charge is 0.330 e. The highest BCUT2D eigenvalue weighted by Crippen LogP contribution is 2.62. The van der Waals surface area contributed by atoms with E-state index in [1.54, 1.807) is 5.56 Å².